The van der Waals surface area contributed by atoms with E-state index in [9.17, 15) is 9.90 Å². The Kier molecular flexibility index (Phi) is 6.29. The lowest BCUT2D eigenvalue weighted by molar-refractivity contribution is -0.123. The van der Waals surface area contributed by atoms with Crippen LogP contribution < -0.4 is 4.90 Å². The fourth-order valence-corrected chi connectivity index (χ4v) is 3.65. The van der Waals surface area contributed by atoms with Gasteiger partial charge in [0.15, 0.2) is 5.78 Å². The number of aliphatic hydroxyl groups is 1. The van der Waals surface area contributed by atoms with Crippen LogP contribution in [0, 0.1) is 0 Å². The van der Waals surface area contributed by atoms with Gasteiger partial charge in [-0.25, -0.2) is 0 Å². The van der Waals surface area contributed by atoms with Crippen molar-refractivity contribution in [3.05, 3.63) is 127 Å². The molecule has 0 aliphatic rings. The second kappa shape index (κ2) is 9.46. The molecule has 1 atom stereocenters. The van der Waals surface area contributed by atoms with Crippen LogP contribution in [0.1, 0.15) is 18.6 Å². The molecule has 4 aromatic carbocycles. The Hall–Kier alpha value is -3.95. The Morgan fingerprint density at radius 2 is 1.12 bits per heavy atom. The van der Waals surface area contributed by atoms with Crippen LogP contribution >= 0.6 is 0 Å². The van der Waals surface area contributed by atoms with Crippen LogP contribution in [-0.4, -0.2) is 10.9 Å². The second-order valence-electron chi connectivity index (χ2n) is 7.72. The molecule has 158 valence electrons. The highest BCUT2D eigenvalue weighted by molar-refractivity contribution is 5.98. The lowest BCUT2D eigenvalue weighted by Crippen LogP contribution is -2.13. The standard InChI is InChI=1S/C29H25NO2/c1-21(2)28(31)29(32)24-15-19-27(20-16-24)30(25-11-7-4-8-12-25)26-17-13-23(14-18-26)22-9-5-3-6-10-22/h3-20,29,32H,1H2,2H3. The van der Waals surface area contributed by atoms with Gasteiger partial charge in [0.25, 0.3) is 0 Å². The van der Waals surface area contributed by atoms with E-state index in [1.54, 1.807) is 19.1 Å². The van der Waals surface area contributed by atoms with E-state index in [-0.39, 0.29) is 5.78 Å². The summed E-state index contributed by atoms with van der Waals surface area (Å²) in [6.07, 6.45) is -1.20. The molecule has 32 heavy (non-hydrogen) atoms. The number of para-hydroxylation sites is 1. The number of Topliss-reactive ketones (excluding diaryl/α,β-unsaturated/α-hetero) is 1. The highest BCUT2D eigenvalue weighted by Crippen LogP contribution is 2.36. The van der Waals surface area contributed by atoms with E-state index in [0.29, 0.717) is 11.1 Å². The molecule has 1 unspecified atom stereocenters. The molecule has 0 aliphatic carbocycles. The average Bonchev–Trinajstić information content (AvgIpc) is 2.85. The summed E-state index contributed by atoms with van der Waals surface area (Å²) in [4.78, 5) is 14.2. The van der Waals surface area contributed by atoms with Crippen LogP contribution in [0.2, 0.25) is 0 Å². The summed E-state index contributed by atoms with van der Waals surface area (Å²) in [7, 11) is 0. The maximum absolute atomic E-state index is 12.1. The topological polar surface area (TPSA) is 40.5 Å². The lowest BCUT2D eigenvalue weighted by atomic mass is 10.0. The minimum Gasteiger partial charge on any atom is -0.380 e. The van der Waals surface area contributed by atoms with Gasteiger partial charge < -0.3 is 10.0 Å². The molecule has 0 spiro atoms. The molecule has 4 aromatic rings. The minimum absolute atomic E-state index is 0.339. The van der Waals surface area contributed by atoms with Crippen molar-refractivity contribution in [2.24, 2.45) is 0 Å². The highest BCUT2D eigenvalue weighted by Gasteiger charge is 2.19. The molecule has 0 radical (unpaired) electrons. The van der Waals surface area contributed by atoms with Crippen molar-refractivity contribution in [1.29, 1.82) is 0 Å². The average molecular weight is 420 g/mol. The third-order valence-electron chi connectivity index (χ3n) is 5.38. The molecule has 0 saturated carbocycles. The fourth-order valence-electron chi connectivity index (χ4n) is 3.65. The van der Waals surface area contributed by atoms with Crippen molar-refractivity contribution in [2.75, 3.05) is 4.90 Å². The minimum atomic E-state index is -1.20. The van der Waals surface area contributed by atoms with Gasteiger partial charge in [-0.3, -0.25) is 4.79 Å². The molecule has 0 bridgehead atoms. The van der Waals surface area contributed by atoms with Gasteiger partial charge >= 0.3 is 0 Å². The lowest BCUT2D eigenvalue weighted by Gasteiger charge is -2.26. The molecule has 0 aromatic heterocycles. The molecular formula is C29H25NO2. The van der Waals surface area contributed by atoms with Gasteiger partial charge in [-0.15, -0.1) is 0 Å². The van der Waals surface area contributed by atoms with Crippen LogP contribution in [0.25, 0.3) is 11.1 Å². The van der Waals surface area contributed by atoms with Crippen LogP contribution in [0.5, 0.6) is 0 Å². The van der Waals surface area contributed by atoms with E-state index >= 15 is 0 Å². The van der Waals surface area contributed by atoms with Crippen LogP contribution in [0.3, 0.4) is 0 Å². The third kappa shape index (κ3) is 4.53. The van der Waals surface area contributed by atoms with Crippen molar-refractivity contribution < 1.29 is 9.90 Å². The quantitative estimate of drug-likeness (QED) is 0.328. The van der Waals surface area contributed by atoms with Gasteiger partial charge in [-0.2, -0.15) is 0 Å². The van der Waals surface area contributed by atoms with Crippen molar-refractivity contribution in [1.82, 2.24) is 0 Å². The van der Waals surface area contributed by atoms with Gasteiger partial charge in [0, 0.05) is 17.1 Å². The zero-order valence-electron chi connectivity index (χ0n) is 18.0. The number of carbonyl (C=O) groups is 1. The number of nitrogens with zero attached hydrogens (tertiary/aromatic N) is 1. The largest absolute Gasteiger partial charge is 0.380 e. The first-order chi connectivity index (χ1) is 15.5. The van der Waals surface area contributed by atoms with Crippen molar-refractivity contribution in [3.63, 3.8) is 0 Å². The Balaban J connectivity index is 1.69. The number of anilines is 3. The van der Waals surface area contributed by atoms with E-state index in [0.717, 1.165) is 22.6 Å². The molecule has 0 amide bonds. The Morgan fingerprint density at radius 1 is 0.688 bits per heavy atom. The SMILES string of the molecule is C=C(C)C(=O)C(O)c1ccc(N(c2ccccc2)c2ccc(-c3ccccc3)cc2)cc1. The van der Waals surface area contributed by atoms with Gasteiger partial charge in [-0.1, -0.05) is 79.4 Å². The molecule has 0 heterocycles. The Morgan fingerprint density at radius 3 is 1.66 bits per heavy atom. The van der Waals surface area contributed by atoms with Crippen molar-refractivity contribution >= 4 is 22.8 Å². The zero-order chi connectivity index (χ0) is 22.5. The summed E-state index contributed by atoms with van der Waals surface area (Å²) in [5.74, 6) is -0.367. The molecular weight excluding hydrogens is 394 g/mol. The summed E-state index contributed by atoms with van der Waals surface area (Å²) >= 11 is 0. The highest BCUT2D eigenvalue weighted by atomic mass is 16.3. The van der Waals surface area contributed by atoms with Gasteiger partial charge in [-0.05, 0) is 65.6 Å². The van der Waals surface area contributed by atoms with E-state index in [1.807, 2.05) is 48.5 Å². The van der Waals surface area contributed by atoms with E-state index in [4.69, 9.17) is 0 Å². The Bertz CT molecular complexity index is 1200. The molecule has 1 N–H and O–H groups in total. The first-order valence-electron chi connectivity index (χ1n) is 10.5. The van der Waals surface area contributed by atoms with E-state index in [2.05, 4.69) is 60.0 Å². The molecule has 0 aliphatic heterocycles. The molecule has 4 rings (SSSR count). The first kappa shape index (κ1) is 21.3. The number of rotatable bonds is 7. The molecule has 0 fully saturated rings. The van der Waals surface area contributed by atoms with Crippen molar-refractivity contribution in [2.45, 2.75) is 13.0 Å². The predicted octanol–water partition coefficient (Wildman–Crippen LogP) is 7.00. The summed E-state index contributed by atoms with van der Waals surface area (Å²) in [6, 6.07) is 36.2. The summed E-state index contributed by atoms with van der Waals surface area (Å²) < 4.78 is 0. The second-order valence-corrected chi connectivity index (χ2v) is 7.72. The zero-order valence-corrected chi connectivity index (χ0v) is 18.0. The number of hydrogen-bond donors (Lipinski definition) is 1. The molecule has 3 nitrogen and oxygen atoms in total. The summed E-state index contributed by atoms with van der Waals surface area (Å²) in [6.45, 7) is 5.25. The normalized spacial score (nSPS) is 11.6. The summed E-state index contributed by atoms with van der Waals surface area (Å²) in [5.41, 5.74) is 6.18. The number of benzene rings is 4. The first-order valence-corrected chi connectivity index (χ1v) is 10.5. The van der Waals surface area contributed by atoms with E-state index < -0.39 is 6.10 Å². The van der Waals surface area contributed by atoms with Crippen LogP contribution in [0.4, 0.5) is 17.1 Å². The van der Waals surface area contributed by atoms with Gasteiger partial charge in [0.1, 0.15) is 6.10 Å². The van der Waals surface area contributed by atoms with Gasteiger partial charge in [0.2, 0.25) is 0 Å². The third-order valence-corrected chi connectivity index (χ3v) is 5.38. The molecule has 0 saturated heterocycles. The maximum atomic E-state index is 12.1. The van der Waals surface area contributed by atoms with Crippen LogP contribution in [0.15, 0.2) is 121 Å². The van der Waals surface area contributed by atoms with Crippen molar-refractivity contribution in [3.8, 4) is 11.1 Å². The number of hydrogen-bond acceptors (Lipinski definition) is 3. The van der Waals surface area contributed by atoms with Gasteiger partial charge in [0.05, 0.1) is 0 Å². The Labute approximate surface area is 188 Å². The van der Waals surface area contributed by atoms with Crippen LogP contribution in [-0.2, 0) is 4.79 Å². The maximum Gasteiger partial charge on any atom is 0.190 e. The molecule has 3 heteroatoms. The fraction of sp³-hybridized carbons (Fsp3) is 0.0690. The summed E-state index contributed by atoms with van der Waals surface area (Å²) in [5, 5.41) is 10.3. The number of aliphatic hydroxyl groups excluding tert-OH is 1. The predicted molar refractivity (Wildman–Crippen MR) is 131 cm³/mol. The number of ketones is 1. The number of carbonyl (C=O) groups excluding carboxylic acids is 1. The smallest absolute Gasteiger partial charge is 0.190 e. The van der Waals surface area contributed by atoms with E-state index in [1.165, 1.54) is 5.56 Å². The monoisotopic (exact) mass is 419 g/mol.